The van der Waals surface area contributed by atoms with Crippen molar-refractivity contribution >= 4 is 5.95 Å². The van der Waals surface area contributed by atoms with Gasteiger partial charge in [0.05, 0.1) is 6.61 Å². The molecule has 1 aromatic rings. The molecule has 0 aliphatic heterocycles. The smallest absolute Gasteiger partial charge is 0.390 e. The summed E-state index contributed by atoms with van der Waals surface area (Å²) in [5.74, 6) is -0.389. The summed E-state index contributed by atoms with van der Waals surface area (Å²) in [6.45, 7) is 0.0845. The Balaban J connectivity index is 2.66. The summed E-state index contributed by atoms with van der Waals surface area (Å²) in [6, 6.07) is 0. The molecule has 1 aromatic heterocycles. The van der Waals surface area contributed by atoms with E-state index in [9.17, 15) is 15.2 Å². The molecule has 78 valence electrons. The molecule has 0 aliphatic rings. The predicted octanol–water partition coefficient (Wildman–Crippen LogP) is -0.806. The second-order valence-electron chi connectivity index (χ2n) is 2.61. The van der Waals surface area contributed by atoms with Gasteiger partial charge in [0.25, 0.3) is 0 Å². The van der Waals surface area contributed by atoms with Crippen molar-refractivity contribution in [1.82, 2.24) is 14.8 Å². The van der Waals surface area contributed by atoms with E-state index in [2.05, 4.69) is 14.8 Å². The fraction of sp³-hybridized carbons (Fsp3) is 0.667. The Morgan fingerprint density at radius 1 is 1.86 bits per heavy atom. The van der Waals surface area contributed by atoms with Crippen LogP contribution >= 0.6 is 0 Å². The van der Waals surface area contributed by atoms with Crippen molar-refractivity contribution in [2.24, 2.45) is 0 Å². The first-order chi connectivity index (χ1) is 6.65. The molecule has 0 spiro atoms. The van der Waals surface area contributed by atoms with Crippen LogP contribution in [-0.2, 0) is 11.3 Å². The van der Waals surface area contributed by atoms with Gasteiger partial charge in [-0.25, -0.2) is 0 Å². The van der Waals surface area contributed by atoms with Gasteiger partial charge in [0.15, 0.2) is 0 Å². The van der Waals surface area contributed by atoms with Gasteiger partial charge in [-0.15, -0.1) is 4.68 Å². The monoisotopic (exact) mass is 202 g/mol. The molecule has 0 aliphatic carbocycles. The topological polar surface area (TPSA) is 103 Å². The zero-order valence-corrected chi connectivity index (χ0v) is 7.53. The minimum absolute atomic E-state index is 0.00977. The lowest BCUT2D eigenvalue weighted by Gasteiger charge is -2.06. The predicted molar refractivity (Wildman–Crippen MR) is 44.6 cm³/mol. The lowest BCUT2D eigenvalue weighted by molar-refractivity contribution is -0.397. The van der Waals surface area contributed by atoms with Crippen LogP contribution in [0.1, 0.15) is 0 Å². The fourth-order valence-electron chi connectivity index (χ4n) is 0.973. The quantitative estimate of drug-likeness (QED) is 0.495. The van der Waals surface area contributed by atoms with Crippen LogP contribution in [-0.4, -0.2) is 44.6 Å². The molecule has 0 amide bonds. The van der Waals surface area contributed by atoms with Crippen molar-refractivity contribution in [2.75, 3.05) is 13.7 Å². The van der Waals surface area contributed by atoms with Crippen LogP contribution in [0.4, 0.5) is 5.95 Å². The summed E-state index contributed by atoms with van der Waals surface area (Å²) in [5.41, 5.74) is 0. The van der Waals surface area contributed by atoms with Crippen LogP contribution in [0, 0.1) is 10.1 Å². The number of aliphatic hydroxyl groups excluding tert-OH is 1. The van der Waals surface area contributed by atoms with Crippen LogP contribution in [0.25, 0.3) is 0 Å². The van der Waals surface area contributed by atoms with Gasteiger partial charge in [-0.3, -0.25) is 0 Å². The molecule has 0 saturated carbocycles. The third-order valence-electron chi connectivity index (χ3n) is 1.50. The van der Waals surface area contributed by atoms with Crippen LogP contribution in [0.5, 0.6) is 0 Å². The number of nitrogens with zero attached hydrogens (tertiary/aromatic N) is 4. The highest BCUT2D eigenvalue weighted by Crippen LogP contribution is 2.05. The van der Waals surface area contributed by atoms with Gasteiger partial charge in [-0.2, -0.15) is 0 Å². The van der Waals surface area contributed by atoms with Gasteiger partial charge in [0, 0.05) is 7.11 Å². The summed E-state index contributed by atoms with van der Waals surface area (Å²) in [6.07, 6.45) is 0.234. The molecular weight excluding hydrogens is 192 g/mol. The van der Waals surface area contributed by atoms with Gasteiger partial charge in [0.2, 0.25) is 6.33 Å². The maximum atomic E-state index is 10.4. The van der Waals surface area contributed by atoms with E-state index < -0.39 is 11.0 Å². The van der Waals surface area contributed by atoms with E-state index in [4.69, 9.17) is 0 Å². The molecule has 14 heavy (non-hydrogen) atoms. The molecule has 0 saturated heterocycles. The standard InChI is InChI=1S/C6H10N4O4/c1-14-3-5(11)2-9-6(10(12)13)7-4-8-9/h4-5,11H,2-3H2,1H3. The van der Waals surface area contributed by atoms with Crippen LogP contribution in [0.3, 0.4) is 0 Å². The molecule has 8 nitrogen and oxygen atoms in total. The number of hydrogen-bond donors (Lipinski definition) is 1. The molecule has 1 unspecified atom stereocenters. The molecule has 0 aromatic carbocycles. The summed E-state index contributed by atoms with van der Waals surface area (Å²) in [4.78, 5) is 13.2. The highest BCUT2D eigenvalue weighted by molar-refractivity contribution is 5.00. The minimum Gasteiger partial charge on any atom is -0.390 e. The normalized spacial score (nSPS) is 12.7. The Labute approximate surface area is 79.3 Å². The molecule has 1 heterocycles. The van der Waals surface area contributed by atoms with Gasteiger partial charge < -0.3 is 20.0 Å². The van der Waals surface area contributed by atoms with E-state index in [1.807, 2.05) is 0 Å². The first kappa shape index (κ1) is 10.5. The zero-order valence-electron chi connectivity index (χ0n) is 7.53. The maximum absolute atomic E-state index is 10.4. The van der Waals surface area contributed by atoms with Crippen molar-refractivity contribution < 1.29 is 14.8 Å². The molecule has 0 radical (unpaired) electrons. The number of nitro groups is 1. The molecule has 0 fully saturated rings. The van der Waals surface area contributed by atoms with Crippen LogP contribution in [0.15, 0.2) is 6.33 Å². The Morgan fingerprint density at radius 2 is 2.57 bits per heavy atom. The third-order valence-corrected chi connectivity index (χ3v) is 1.50. The number of methoxy groups -OCH3 is 1. The number of rotatable bonds is 5. The molecule has 8 heteroatoms. The minimum atomic E-state index is -0.833. The lowest BCUT2D eigenvalue weighted by atomic mass is 10.4. The summed E-state index contributed by atoms with van der Waals surface area (Å²) in [5, 5.41) is 23.3. The van der Waals surface area contributed by atoms with E-state index in [0.717, 1.165) is 11.0 Å². The Hall–Kier alpha value is -1.54. The average Bonchev–Trinajstić information content (AvgIpc) is 2.52. The fourth-order valence-corrected chi connectivity index (χ4v) is 0.973. The van der Waals surface area contributed by atoms with Gasteiger partial charge in [-0.05, 0) is 4.92 Å². The summed E-state index contributed by atoms with van der Waals surface area (Å²) in [7, 11) is 1.43. The van der Waals surface area contributed by atoms with Crippen LogP contribution < -0.4 is 0 Å². The Morgan fingerprint density at radius 3 is 3.14 bits per heavy atom. The highest BCUT2D eigenvalue weighted by Gasteiger charge is 2.18. The SMILES string of the molecule is COCC(O)Cn1ncnc1[N+](=O)[O-]. The Bertz CT molecular complexity index is 313. The van der Waals surface area contributed by atoms with E-state index in [1.165, 1.54) is 7.11 Å². The summed E-state index contributed by atoms with van der Waals surface area (Å²) < 4.78 is 5.69. The maximum Gasteiger partial charge on any atom is 0.455 e. The largest absolute Gasteiger partial charge is 0.455 e. The number of aromatic nitrogens is 3. The van der Waals surface area contributed by atoms with Crippen molar-refractivity contribution in [3.8, 4) is 0 Å². The first-order valence-electron chi connectivity index (χ1n) is 3.84. The first-order valence-corrected chi connectivity index (χ1v) is 3.84. The number of aliphatic hydroxyl groups is 1. The van der Waals surface area contributed by atoms with E-state index in [1.54, 1.807) is 0 Å². The van der Waals surface area contributed by atoms with Crippen LogP contribution in [0.2, 0.25) is 0 Å². The van der Waals surface area contributed by atoms with E-state index >= 15 is 0 Å². The van der Waals surface area contributed by atoms with E-state index in [-0.39, 0.29) is 19.1 Å². The molecule has 0 bridgehead atoms. The molecule has 1 rings (SSSR count). The summed E-state index contributed by atoms with van der Waals surface area (Å²) >= 11 is 0. The lowest BCUT2D eigenvalue weighted by Crippen LogP contribution is -2.22. The van der Waals surface area contributed by atoms with Crippen molar-refractivity contribution in [3.63, 3.8) is 0 Å². The van der Waals surface area contributed by atoms with E-state index in [0.29, 0.717) is 0 Å². The second kappa shape index (κ2) is 4.63. The van der Waals surface area contributed by atoms with Gasteiger partial charge in [-0.1, -0.05) is 10.1 Å². The number of hydrogen-bond acceptors (Lipinski definition) is 6. The average molecular weight is 202 g/mol. The Kier molecular flexibility index (Phi) is 3.48. The highest BCUT2D eigenvalue weighted by atomic mass is 16.6. The third kappa shape index (κ3) is 2.47. The molecule has 1 atom stereocenters. The van der Waals surface area contributed by atoms with Crippen molar-refractivity contribution in [1.29, 1.82) is 0 Å². The molecule has 1 N–H and O–H groups in total. The van der Waals surface area contributed by atoms with Gasteiger partial charge in [0.1, 0.15) is 12.6 Å². The van der Waals surface area contributed by atoms with Crippen molar-refractivity contribution in [2.45, 2.75) is 12.6 Å². The second-order valence-corrected chi connectivity index (χ2v) is 2.61. The zero-order chi connectivity index (χ0) is 10.6. The molecular formula is C6H10N4O4. The number of ether oxygens (including phenoxy) is 1. The van der Waals surface area contributed by atoms with Crippen molar-refractivity contribution in [3.05, 3.63) is 16.4 Å². The van der Waals surface area contributed by atoms with Gasteiger partial charge >= 0.3 is 5.95 Å².